The van der Waals surface area contributed by atoms with Gasteiger partial charge in [0.15, 0.2) is 5.82 Å². The van der Waals surface area contributed by atoms with Crippen LogP contribution in [0.1, 0.15) is 49.6 Å². The van der Waals surface area contributed by atoms with Crippen LogP contribution in [0.4, 0.5) is 17.6 Å². The number of rotatable bonds is 5. The summed E-state index contributed by atoms with van der Waals surface area (Å²) in [4.78, 5) is 25.6. The summed E-state index contributed by atoms with van der Waals surface area (Å²) in [6.07, 6.45) is 2.65. The molecule has 0 radical (unpaired) electrons. The zero-order valence-corrected chi connectivity index (χ0v) is 17.4. The van der Waals surface area contributed by atoms with Gasteiger partial charge < -0.3 is 20.2 Å². The maximum atomic E-state index is 12.6. The molecule has 2 aromatic heterocycles. The van der Waals surface area contributed by atoms with Crippen molar-refractivity contribution in [3.05, 3.63) is 23.0 Å². The van der Waals surface area contributed by atoms with E-state index in [0.717, 1.165) is 47.8 Å². The molecule has 0 aromatic carbocycles. The van der Waals surface area contributed by atoms with E-state index < -0.39 is 12.1 Å². The van der Waals surface area contributed by atoms with Gasteiger partial charge in [-0.1, -0.05) is 13.8 Å². The van der Waals surface area contributed by atoms with Crippen LogP contribution in [0, 0.1) is 0 Å². The molecule has 0 saturated carbocycles. The Hall–Kier alpha value is -2.68. The van der Waals surface area contributed by atoms with Crippen molar-refractivity contribution in [2.75, 3.05) is 30.9 Å². The number of hydrogen-bond acceptors (Lipinski definition) is 7. The van der Waals surface area contributed by atoms with Crippen molar-refractivity contribution in [2.24, 2.45) is 0 Å². The number of aromatic amines is 1. The van der Waals surface area contributed by atoms with E-state index in [-0.39, 0.29) is 5.91 Å². The van der Waals surface area contributed by atoms with Crippen molar-refractivity contribution in [2.45, 2.75) is 57.6 Å². The molecule has 29 heavy (non-hydrogen) atoms. The number of carbonyl (C=O) groups is 1. The summed E-state index contributed by atoms with van der Waals surface area (Å²) in [7, 11) is 3.46. The minimum absolute atomic E-state index is 0.0472. The zero-order chi connectivity index (χ0) is 20.7. The van der Waals surface area contributed by atoms with Gasteiger partial charge in [0, 0.05) is 44.4 Å². The molecule has 1 amide bonds. The van der Waals surface area contributed by atoms with Gasteiger partial charge in [-0.25, -0.2) is 4.98 Å². The molecule has 2 aliphatic rings. The second kappa shape index (κ2) is 7.62. The van der Waals surface area contributed by atoms with Crippen molar-refractivity contribution in [1.29, 1.82) is 0 Å². The molecule has 0 spiro atoms. The van der Waals surface area contributed by atoms with Crippen molar-refractivity contribution < 1.29 is 9.90 Å². The number of carbonyl (C=O) groups excluding carboxylic acids is 1. The largest absolute Gasteiger partial charge is 0.391 e. The molecule has 3 N–H and O–H groups in total. The number of anilines is 3. The first-order chi connectivity index (χ1) is 13.8. The van der Waals surface area contributed by atoms with Crippen molar-refractivity contribution in [1.82, 2.24) is 25.1 Å². The topological polar surface area (TPSA) is 110 Å². The SMILES string of the molecule is CC(C)c1cc(Nc2nc(N3C[C@@H](O)C[C@H]3C(=O)N(C)C)nc3c2CCC3)n[nH]1. The predicted octanol–water partition coefficient (Wildman–Crippen LogP) is 1.58. The van der Waals surface area contributed by atoms with Crippen molar-refractivity contribution in [3.8, 4) is 0 Å². The number of likely N-dealkylation sites (N-methyl/N-ethyl adjacent to an activating group) is 1. The highest BCUT2D eigenvalue weighted by atomic mass is 16.3. The van der Waals surface area contributed by atoms with E-state index in [9.17, 15) is 9.90 Å². The number of β-amino-alcohol motifs (C(OH)–C–C–N with tert-alkyl or cyclic N) is 1. The lowest BCUT2D eigenvalue weighted by molar-refractivity contribution is -0.130. The van der Waals surface area contributed by atoms with Crippen LogP contribution in [0.3, 0.4) is 0 Å². The van der Waals surface area contributed by atoms with Gasteiger partial charge in [0.05, 0.1) is 11.8 Å². The minimum Gasteiger partial charge on any atom is -0.391 e. The third-order valence-corrected chi connectivity index (χ3v) is 5.65. The summed E-state index contributed by atoms with van der Waals surface area (Å²) >= 11 is 0. The Morgan fingerprint density at radius 3 is 2.83 bits per heavy atom. The number of nitrogens with one attached hydrogen (secondary N) is 2. The molecule has 1 saturated heterocycles. The smallest absolute Gasteiger partial charge is 0.244 e. The van der Waals surface area contributed by atoms with Gasteiger partial charge in [-0.05, 0) is 25.2 Å². The number of aliphatic hydroxyl groups is 1. The lowest BCUT2D eigenvalue weighted by atomic mass is 10.1. The fraction of sp³-hybridized carbons (Fsp3) is 0.600. The lowest BCUT2D eigenvalue weighted by Crippen LogP contribution is -2.43. The van der Waals surface area contributed by atoms with E-state index in [2.05, 4.69) is 29.4 Å². The van der Waals surface area contributed by atoms with Crippen molar-refractivity contribution in [3.63, 3.8) is 0 Å². The fourth-order valence-corrected chi connectivity index (χ4v) is 4.04. The standard InChI is InChI=1S/C20H29N7O2/c1-11(2)15-9-17(25-24-15)22-18-13-6-5-7-14(13)21-20(23-18)27-10-12(28)8-16(27)19(29)26(3)4/h9,11-12,16,28H,5-8,10H2,1-4H3,(H2,21,22,23,24,25)/t12-,16-/m0/s1. The Morgan fingerprint density at radius 1 is 1.34 bits per heavy atom. The number of amides is 1. The summed E-state index contributed by atoms with van der Waals surface area (Å²) < 4.78 is 0. The normalized spacial score (nSPS) is 21.0. The number of hydrogen-bond donors (Lipinski definition) is 3. The number of nitrogens with zero attached hydrogens (tertiary/aromatic N) is 5. The van der Waals surface area contributed by atoms with Crippen LogP contribution in [0.2, 0.25) is 0 Å². The van der Waals surface area contributed by atoms with Crippen LogP contribution in [-0.4, -0.2) is 68.9 Å². The molecule has 9 heteroatoms. The molecular formula is C20H29N7O2. The lowest BCUT2D eigenvalue weighted by Gasteiger charge is -2.26. The molecule has 1 fully saturated rings. The van der Waals surface area contributed by atoms with Gasteiger partial charge in [-0.3, -0.25) is 9.89 Å². The van der Waals surface area contributed by atoms with Crippen LogP contribution < -0.4 is 10.2 Å². The van der Waals surface area contributed by atoms with Gasteiger partial charge in [0.1, 0.15) is 11.9 Å². The second-order valence-electron chi connectivity index (χ2n) is 8.43. The first kappa shape index (κ1) is 19.6. The molecule has 3 heterocycles. The van der Waals surface area contributed by atoms with Crippen LogP contribution in [0.25, 0.3) is 0 Å². The van der Waals surface area contributed by atoms with Crippen LogP contribution in [0.15, 0.2) is 6.07 Å². The average Bonchev–Trinajstić information content (AvgIpc) is 3.39. The van der Waals surface area contributed by atoms with Gasteiger partial charge in [-0.15, -0.1) is 0 Å². The van der Waals surface area contributed by atoms with Gasteiger partial charge >= 0.3 is 0 Å². The summed E-state index contributed by atoms with van der Waals surface area (Å²) in [6.45, 7) is 4.57. The molecule has 1 aliphatic carbocycles. The molecule has 0 unspecified atom stereocenters. The molecule has 2 atom stereocenters. The third kappa shape index (κ3) is 3.78. The first-order valence-corrected chi connectivity index (χ1v) is 10.2. The van der Waals surface area contributed by atoms with E-state index in [4.69, 9.17) is 9.97 Å². The molecular weight excluding hydrogens is 370 g/mol. The molecule has 2 aromatic rings. The second-order valence-corrected chi connectivity index (χ2v) is 8.43. The Kier molecular flexibility index (Phi) is 5.16. The Bertz CT molecular complexity index is 908. The number of fused-ring (bicyclic) bond motifs is 1. The Labute approximate surface area is 170 Å². The number of aryl methyl sites for hydroxylation is 1. The van der Waals surface area contributed by atoms with Gasteiger partial charge in [0.25, 0.3) is 0 Å². The molecule has 0 bridgehead atoms. The predicted molar refractivity (Wildman–Crippen MR) is 110 cm³/mol. The Morgan fingerprint density at radius 2 is 2.14 bits per heavy atom. The minimum atomic E-state index is -0.572. The van der Waals surface area contributed by atoms with Gasteiger partial charge in [-0.2, -0.15) is 10.1 Å². The van der Waals surface area contributed by atoms with E-state index in [1.54, 1.807) is 19.0 Å². The van der Waals surface area contributed by atoms with E-state index in [1.165, 1.54) is 0 Å². The van der Waals surface area contributed by atoms with Crippen LogP contribution in [-0.2, 0) is 17.6 Å². The van der Waals surface area contributed by atoms with Crippen LogP contribution in [0.5, 0.6) is 0 Å². The molecule has 1 aliphatic heterocycles. The quantitative estimate of drug-likeness (QED) is 0.700. The summed E-state index contributed by atoms with van der Waals surface area (Å²) in [5.74, 6) is 2.25. The average molecular weight is 399 g/mol. The van der Waals surface area contributed by atoms with E-state index in [0.29, 0.717) is 24.8 Å². The summed E-state index contributed by atoms with van der Waals surface area (Å²) in [5.41, 5.74) is 3.17. The van der Waals surface area contributed by atoms with Crippen molar-refractivity contribution >= 4 is 23.5 Å². The highest BCUT2D eigenvalue weighted by molar-refractivity contribution is 5.85. The molecule has 4 rings (SSSR count). The summed E-state index contributed by atoms with van der Waals surface area (Å²) in [6, 6.07) is 1.54. The number of aromatic nitrogens is 4. The Balaban J connectivity index is 1.68. The molecule has 9 nitrogen and oxygen atoms in total. The highest BCUT2D eigenvalue weighted by Gasteiger charge is 2.39. The summed E-state index contributed by atoms with van der Waals surface area (Å²) in [5, 5.41) is 21.0. The maximum absolute atomic E-state index is 12.6. The zero-order valence-electron chi connectivity index (χ0n) is 17.4. The number of H-pyrrole nitrogens is 1. The maximum Gasteiger partial charge on any atom is 0.244 e. The first-order valence-electron chi connectivity index (χ1n) is 10.2. The fourth-order valence-electron chi connectivity index (χ4n) is 4.04. The van der Waals surface area contributed by atoms with E-state index >= 15 is 0 Å². The van der Waals surface area contributed by atoms with E-state index in [1.807, 2.05) is 11.0 Å². The third-order valence-electron chi connectivity index (χ3n) is 5.65. The van der Waals surface area contributed by atoms with Gasteiger partial charge in [0.2, 0.25) is 11.9 Å². The molecule has 156 valence electrons. The van der Waals surface area contributed by atoms with Crippen LogP contribution >= 0.6 is 0 Å². The monoisotopic (exact) mass is 399 g/mol. The highest BCUT2D eigenvalue weighted by Crippen LogP contribution is 2.33. The number of aliphatic hydroxyl groups excluding tert-OH is 1.